The van der Waals surface area contributed by atoms with E-state index in [0.29, 0.717) is 16.9 Å². The quantitative estimate of drug-likeness (QED) is 0.0828. The lowest BCUT2D eigenvalue weighted by atomic mass is 9.99. The van der Waals surface area contributed by atoms with E-state index >= 15 is 0 Å². The van der Waals surface area contributed by atoms with Crippen LogP contribution in [0.25, 0.3) is 16.8 Å². The van der Waals surface area contributed by atoms with E-state index in [9.17, 15) is 31.5 Å². The lowest BCUT2D eigenvalue weighted by molar-refractivity contribution is -0.153. The number of likely N-dealkylation sites (tertiary alicyclic amines) is 1. The van der Waals surface area contributed by atoms with Crippen molar-refractivity contribution in [1.82, 2.24) is 19.5 Å². The number of carbonyl (C=O) groups is 2. The van der Waals surface area contributed by atoms with E-state index in [1.54, 1.807) is 36.5 Å². The third kappa shape index (κ3) is 9.93. The number of amides is 2. The third-order valence-electron chi connectivity index (χ3n) is 11.3. The largest absolute Gasteiger partial charge is 0.482 e. The summed E-state index contributed by atoms with van der Waals surface area (Å²) in [7, 11) is -3.03. The molecule has 2 N–H and O–H groups in total. The Labute approximate surface area is 373 Å². The summed E-state index contributed by atoms with van der Waals surface area (Å²) in [6, 6.07) is 40.8. The number of nitrogens with one attached hydrogen (secondary N) is 2. The highest BCUT2D eigenvalue weighted by molar-refractivity contribution is 6.99. The van der Waals surface area contributed by atoms with E-state index in [1.165, 1.54) is 39.7 Å². The van der Waals surface area contributed by atoms with Crippen LogP contribution < -0.4 is 25.7 Å². The normalized spacial score (nSPS) is 13.9. The Morgan fingerprint density at radius 1 is 0.815 bits per heavy atom. The summed E-state index contributed by atoms with van der Waals surface area (Å²) in [5.41, 5.74) is 3.21. The summed E-state index contributed by atoms with van der Waals surface area (Å²) >= 11 is 0. The number of pyridine rings is 1. The number of ether oxygens (including phenoxy) is 1. The molecule has 0 saturated carbocycles. The minimum absolute atomic E-state index is 0.0329. The van der Waals surface area contributed by atoms with Crippen LogP contribution in [0.5, 0.6) is 5.75 Å². The van der Waals surface area contributed by atoms with Crippen LogP contribution in [0.15, 0.2) is 146 Å². The van der Waals surface area contributed by atoms with Crippen molar-refractivity contribution in [3.05, 3.63) is 163 Å². The summed E-state index contributed by atoms with van der Waals surface area (Å²) < 4.78 is 80.8. The maximum absolute atomic E-state index is 14.3. The molecule has 2 amide bonds. The van der Waals surface area contributed by atoms with Gasteiger partial charge in [0.1, 0.15) is 17.7 Å². The van der Waals surface area contributed by atoms with Crippen molar-refractivity contribution in [3.8, 4) is 16.9 Å². The molecule has 7 aromatic rings. The Hall–Kier alpha value is -6.91. The van der Waals surface area contributed by atoms with Gasteiger partial charge in [-0.05, 0) is 81.1 Å². The zero-order chi connectivity index (χ0) is 45.9. The van der Waals surface area contributed by atoms with Gasteiger partial charge >= 0.3 is 6.18 Å². The summed E-state index contributed by atoms with van der Waals surface area (Å²) in [6.07, 6.45) is -4.06. The molecule has 3 heterocycles. The minimum Gasteiger partial charge on any atom is -0.482 e. The Bertz CT molecular complexity index is 2740. The number of hydrogen-bond acceptors (Lipinski definition) is 7. The van der Waals surface area contributed by atoms with E-state index in [0.717, 1.165) is 21.5 Å². The minimum atomic E-state index is -4.65. The van der Waals surface area contributed by atoms with E-state index in [2.05, 4.69) is 65.8 Å². The van der Waals surface area contributed by atoms with Crippen molar-refractivity contribution in [3.63, 3.8) is 0 Å². The van der Waals surface area contributed by atoms with E-state index in [-0.39, 0.29) is 53.6 Å². The van der Waals surface area contributed by atoms with Gasteiger partial charge in [0.05, 0.1) is 31.3 Å². The molecule has 1 saturated heterocycles. The molecular formula is C49H45F5N6O4Si. The molecular weight excluding hydrogens is 860 g/mol. The Balaban J connectivity index is 1.00. The number of alkyl halides is 4. The summed E-state index contributed by atoms with van der Waals surface area (Å²) in [5, 5.41) is 12.2. The number of carbonyl (C=O) groups excluding carboxylic acids is 2. The number of aromatic nitrogens is 3. The zero-order valence-electron chi connectivity index (χ0n) is 35.7. The van der Waals surface area contributed by atoms with Crippen molar-refractivity contribution in [1.29, 1.82) is 0 Å². The Kier molecular flexibility index (Phi) is 12.6. The van der Waals surface area contributed by atoms with Gasteiger partial charge in [0.2, 0.25) is 11.9 Å². The first-order chi connectivity index (χ1) is 31.1. The van der Waals surface area contributed by atoms with Crippen LogP contribution in [0.3, 0.4) is 0 Å². The molecule has 16 heteroatoms. The zero-order valence-corrected chi connectivity index (χ0v) is 36.7. The van der Waals surface area contributed by atoms with Crippen LogP contribution in [0, 0.1) is 5.82 Å². The molecule has 1 aliphatic heterocycles. The average Bonchev–Trinajstić information content (AvgIpc) is 3.68. The molecule has 2 aromatic heterocycles. The molecule has 10 nitrogen and oxygen atoms in total. The molecule has 334 valence electrons. The first kappa shape index (κ1) is 44.7. The van der Waals surface area contributed by atoms with Gasteiger partial charge in [-0.3, -0.25) is 9.59 Å². The Morgan fingerprint density at radius 2 is 1.45 bits per heavy atom. The predicted octanol–water partition coefficient (Wildman–Crippen LogP) is 9.31. The fraction of sp³-hybridized carbons (Fsp3) is 0.224. The SMILES string of the molecule is CC(C)(C)[Si](OC[C@@H](C(=O)Nc1ccc(-c2ccc3nc(Nc4ccc(C(=O)N5CC(F)C5)cc4OCC(F)(F)F)nn3c2)cc1)c1ccc(F)cc1)(c1ccccc1)c1ccccc1. The van der Waals surface area contributed by atoms with E-state index in [1.807, 2.05) is 54.6 Å². The number of anilines is 3. The number of fused-ring (bicyclic) bond motifs is 1. The van der Waals surface area contributed by atoms with Gasteiger partial charge in [0.25, 0.3) is 14.2 Å². The molecule has 0 aliphatic carbocycles. The Morgan fingerprint density at radius 3 is 2.05 bits per heavy atom. The van der Waals surface area contributed by atoms with Crippen molar-refractivity contribution < 1.29 is 40.7 Å². The van der Waals surface area contributed by atoms with Gasteiger partial charge in [-0.15, -0.1) is 5.10 Å². The van der Waals surface area contributed by atoms with Crippen LogP contribution in [0.2, 0.25) is 5.04 Å². The third-order valence-corrected chi connectivity index (χ3v) is 16.3. The van der Waals surface area contributed by atoms with E-state index in [4.69, 9.17) is 9.16 Å². The van der Waals surface area contributed by atoms with Gasteiger partial charge in [-0.1, -0.05) is 106 Å². The summed E-state index contributed by atoms with van der Waals surface area (Å²) in [4.78, 5) is 32.8. The predicted molar refractivity (Wildman–Crippen MR) is 242 cm³/mol. The van der Waals surface area contributed by atoms with Crippen molar-refractivity contribution in [2.75, 3.05) is 36.9 Å². The van der Waals surface area contributed by atoms with Crippen molar-refractivity contribution in [2.45, 2.75) is 44.1 Å². The fourth-order valence-electron chi connectivity index (χ4n) is 8.00. The van der Waals surface area contributed by atoms with Crippen LogP contribution in [0.1, 0.15) is 42.6 Å². The maximum Gasteiger partial charge on any atom is 0.422 e. The molecule has 0 spiro atoms. The van der Waals surface area contributed by atoms with Crippen molar-refractivity contribution >= 4 is 53.5 Å². The van der Waals surface area contributed by atoms with Gasteiger partial charge in [0.15, 0.2) is 12.3 Å². The molecule has 8 rings (SSSR count). The molecule has 0 unspecified atom stereocenters. The second kappa shape index (κ2) is 18.3. The smallest absolute Gasteiger partial charge is 0.422 e. The first-order valence-electron chi connectivity index (χ1n) is 20.9. The van der Waals surface area contributed by atoms with Gasteiger partial charge < -0.3 is 24.7 Å². The van der Waals surface area contributed by atoms with Crippen LogP contribution in [-0.4, -0.2) is 78.3 Å². The molecule has 1 atom stereocenters. The standard InChI is InChI=1S/C49H45F5N6O4Si/c1-48(2,3)65(39-10-6-4-7-11-39,40-12-8-5-9-13-40)64-30-41(33-14-20-36(50)21-15-33)45(61)55-38-22-16-32(17-23-38)35-19-25-44-57-47(58-60(44)27-35)56-42-24-18-34(46(62)59-28-37(51)29-59)26-43(42)63-31-49(52,53)54/h4-27,37,41H,28-31H2,1-3H3,(H,55,61)(H,56,58)/t41-/m1/s1. The average molecular weight is 905 g/mol. The van der Waals surface area contributed by atoms with Crippen LogP contribution in [-0.2, 0) is 9.22 Å². The second-order valence-corrected chi connectivity index (χ2v) is 21.2. The molecule has 0 bridgehead atoms. The molecule has 0 radical (unpaired) electrons. The fourth-order valence-corrected chi connectivity index (χ4v) is 12.6. The number of nitrogens with zero attached hydrogens (tertiary/aromatic N) is 4. The monoisotopic (exact) mass is 904 g/mol. The number of benzene rings is 5. The second-order valence-electron chi connectivity index (χ2n) is 16.8. The highest BCUT2D eigenvalue weighted by atomic mass is 28.4. The molecule has 1 fully saturated rings. The molecule has 1 aliphatic rings. The highest BCUT2D eigenvalue weighted by Gasteiger charge is 2.50. The van der Waals surface area contributed by atoms with Crippen molar-refractivity contribution in [2.24, 2.45) is 0 Å². The summed E-state index contributed by atoms with van der Waals surface area (Å²) in [6.45, 7) is 4.72. The molecule has 65 heavy (non-hydrogen) atoms. The maximum atomic E-state index is 14.3. The lowest BCUT2D eigenvalue weighted by Gasteiger charge is -2.43. The molecule has 5 aromatic carbocycles. The number of halogens is 5. The van der Waals surface area contributed by atoms with Gasteiger partial charge in [-0.2, -0.15) is 18.2 Å². The van der Waals surface area contributed by atoms with E-state index < -0.39 is 44.9 Å². The number of rotatable bonds is 14. The van der Waals surface area contributed by atoms with Crippen LogP contribution in [0.4, 0.5) is 39.3 Å². The van der Waals surface area contributed by atoms with Gasteiger partial charge in [0, 0.05) is 23.0 Å². The highest BCUT2D eigenvalue weighted by Crippen LogP contribution is 2.38. The van der Waals surface area contributed by atoms with Crippen LogP contribution >= 0.6 is 0 Å². The summed E-state index contributed by atoms with van der Waals surface area (Å²) in [5.74, 6) is -2.27. The lowest BCUT2D eigenvalue weighted by Crippen LogP contribution is -2.67. The topological polar surface area (TPSA) is 110 Å². The van der Waals surface area contributed by atoms with Gasteiger partial charge in [-0.25, -0.2) is 13.3 Å². The first-order valence-corrected chi connectivity index (χ1v) is 22.8. The number of hydrogen-bond donors (Lipinski definition) is 2.